The third-order valence-electron chi connectivity index (χ3n) is 3.56. The Morgan fingerprint density at radius 3 is 2.87 bits per heavy atom. The largest absolute Gasteiger partial charge is 0.256 e. The highest BCUT2D eigenvalue weighted by Gasteiger charge is 2.04. The molecule has 1 aromatic carbocycles. The van der Waals surface area contributed by atoms with Crippen LogP contribution in [0.4, 0.5) is 4.39 Å². The summed E-state index contributed by atoms with van der Waals surface area (Å²) >= 11 is 0. The van der Waals surface area contributed by atoms with Gasteiger partial charge in [-0.3, -0.25) is 4.98 Å². The lowest BCUT2D eigenvalue weighted by Crippen LogP contribution is -1.92. The summed E-state index contributed by atoms with van der Waals surface area (Å²) in [5, 5.41) is 0. The Morgan fingerprint density at radius 2 is 2.17 bits per heavy atom. The van der Waals surface area contributed by atoms with Gasteiger partial charge in [0.05, 0.1) is 11.9 Å². The van der Waals surface area contributed by atoms with Crippen LogP contribution in [-0.4, -0.2) is 11.2 Å². The van der Waals surface area contributed by atoms with E-state index in [0.717, 1.165) is 41.6 Å². The van der Waals surface area contributed by atoms with Gasteiger partial charge in [0.1, 0.15) is 0 Å². The smallest absolute Gasteiger partial charge is 0.0973 e. The number of rotatable bonds is 6. The molecule has 0 saturated carbocycles. The van der Waals surface area contributed by atoms with Gasteiger partial charge in [0.25, 0.3) is 0 Å². The Morgan fingerprint density at radius 1 is 1.30 bits per heavy atom. The maximum absolute atomic E-state index is 12.8. The molecule has 0 bridgehead atoms. The fraction of sp³-hybridized carbons (Fsp3) is 0.286. The van der Waals surface area contributed by atoms with Crippen LogP contribution in [0.3, 0.4) is 0 Å². The highest BCUT2D eigenvalue weighted by molar-refractivity contribution is 5.62. The van der Waals surface area contributed by atoms with Crippen molar-refractivity contribution in [2.24, 2.45) is 0 Å². The van der Waals surface area contributed by atoms with Crippen molar-refractivity contribution in [1.82, 2.24) is 4.98 Å². The summed E-state index contributed by atoms with van der Waals surface area (Å²) in [5.74, 6) is 6.36. The number of nitrogens with zero attached hydrogens (tertiary/aromatic N) is 1. The van der Waals surface area contributed by atoms with E-state index >= 15 is 0 Å². The van der Waals surface area contributed by atoms with Crippen molar-refractivity contribution < 1.29 is 4.39 Å². The monoisotopic (exact) mass is 307 g/mol. The second kappa shape index (κ2) is 8.90. The van der Waals surface area contributed by atoms with E-state index in [4.69, 9.17) is 0 Å². The van der Waals surface area contributed by atoms with Gasteiger partial charge in [-0.2, -0.15) is 0 Å². The van der Waals surface area contributed by atoms with Crippen LogP contribution in [0.25, 0.3) is 11.3 Å². The fourth-order valence-electron chi connectivity index (χ4n) is 2.36. The molecule has 23 heavy (non-hydrogen) atoms. The quantitative estimate of drug-likeness (QED) is 0.398. The Bertz CT molecular complexity index is 693. The molecule has 1 unspecified atom stereocenters. The van der Waals surface area contributed by atoms with E-state index in [-0.39, 0.29) is 0 Å². The van der Waals surface area contributed by atoms with Gasteiger partial charge in [-0.05, 0) is 56.0 Å². The maximum atomic E-state index is 12.8. The minimum Gasteiger partial charge on any atom is -0.256 e. The molecule has 0 fully saturated rings. The molecule has 0 N–H and O–H groups in total. The van der Waals surface area contributed by atoms with Gasteiger partial charge in [-0.15, -0.1) is 6.58 Å². The first-order valence-electron chi connectivity index (χ1n) is 7.99. The summed E-state index contributed by atoms with van der Waals surface area (Å²) in [5.41, 5.74) is 4.20. The highest BCUT2D eigenvalue weighted by atomic mass is 19.1. The van der Waals surface area contributed by atoms with Crippen molar-refractivity contribution >= 4 is 0 Å². The number of allylic oxidation sites excluding steroid dienone is 1. The summed E-state index contributed by atoms with van der Waals surface area (Å²) in [7, 11) is 0. The molecule has 0 radical (unpaired) electrons. The molecule has 1 nitrogen and oxygen atoms in total. The highest BCUT2D eigenvalue weighted by Crippen LogP contribution is 2.21. The number of benzene rings is 1. The molecule has 0 aliphatic heterocycles. The van der Waals surface area contributed by atoms with Gasteiger partial charge in [0.15, 0.2) is 0 Å². The maximum Gasteiger partial charge on any atom is 0.0973 e. The van der Waals surface area contributed by atoms with Crippen molar-refractivity contribution in [2.75, 3.05) is 0 Å². The molecule has 0 spiro atoms. The number of halogens is 1. The second-order valence-corrected chi connectivity index (χ2v) is 5.55. The first-order valence-corrected chi connectivity index (χ1v) is 7.99. The predicted molar refractivity (Wildman–Crippen MR) is 94.9 cm³/mol. The number of pyridine rings is 1. The summed E-state index contributed by atoms with van der Waals surface area (Å²) in [6.45, 7) is 5.41. The summed E-state index contributed by atoms with van der Waals surface area (Å²) in [6.07, 6.45) is 5.80. The lowest BCUT2D eigenvalue weighted by Gasteiger charge is -2.06. The lowest BCUT2D eigenvalue weighted by molar-refractivity contribution is 0.336. The summed E-state index contributed by atoms with van der Waals surface area (Å²) in [4.78, 5) is 4.39. The molecule has 0 aliphatic carbocycles. The number of aromatic nitrogens is 1. The predicted octanol–water partition coefficient (Wildman–Crippen LogP) is 5.36. The lowest BCUT2D eigenvalue weighted by atomic mass is 9.99. The number of unbranched alkanes of at least 4 members (excludes halogenated alkanes) is 1. The zero-order chi connectivity index (χ0) is 16.5. The van der Waals surface area contributed by atoms with Gasteiger partial charge in [0.2, 0.25) is 0 Å². The molecule has 1 atom stereocenters. The third kappa shape index (κ3) is 5.38. The standard InChI is InChI=1S/C21H22FN/c1-3-9-19-16-20(21-12-7-8-15-23-21)14-13-18(19)11-6-4-5-10-17(2)22/h3,7-8,12-17H,1,4-5,9-10H2,2H3. The van der Waals surface area contributed by atoms with Gasteiger partial charge in [-0.1, -0.05) is 30.0 Å². The molecular formula is C21H22FN. The summed E-state index contributed by atoms with van der Waals surface area (Å²) in [6, 6.07) is 12.1. The Hall–Kier alpha value is -2.40. The van der Waals surface area contributed by atoms with Crippen molar-refractivity contribution in [2.45, 2.75) is 38.8 Å². The molecule has 0 aliphatic rings. The van der Waals surface area contributed by atoms with Crippen LogP contribution in [0.2, 0.25) is 0 Å². The van der Waals surface area contributed by atoms with E-state index in [1.807, 2.05) is 36.4 Å². The van der Waals surface area contributed by atoms with E-state index in [2.05, 4.69) is 29.5 Å². The molecule has 2 heteroatoms. The molecule has 2 rings (SSSR count). The average Bonchev–Trinajstić information content (AvgIpc) is 2.56. The van der Waals surface area contributed by atoms with Crippen molar-refractivity contribution in [3.8, 4) is 23.1 Å². The number of hydrogen-bond acceptors (Lipinski definition) is 1. The van der Waals surface area contributed by atoms with Gasteiger partial charge in [-0.25, -0.2) is 4.39 Å². The van der Waals surface area contributed by atoms with Gasteiger partial charge >= 0.3 is 0 Å². The third-order valence-corrected chi connectivity index (χ3v) is 3.56. The van der Waals surface area contributed by atoms with Crippen molar-refractivity contribution in [1.29, 1.82) is 0 Å². The molecule has 1 aromatic heterocycles. The van der Waals surface area contributed by atoms with Crippen molar-refractivity contribution in [3.05, 3.63) is 66.4 Å². The molecule has 1 heterocycles. The van der Waals surface area contributed by atoms with E-state index in [0.29, 0.717) is 6.42 Å². The minimum atomic E-state index is -0.745. The van der Waals surface area contributed by atoms with Crippen LogP contribution >= 0.6 is 0 Å². The molecule has 0 amide bonds. The van der Waals surface area contributed by atoms with Gasteiger partial charge in [0, 0.05) is 23.7 Å². The van der Waals surface area contributed by atoms with Crippen LogP contribution < -0.4 is 0 Å². The van der Waals surface area contributed by atoms with Crippen LogP contribution in [0, 0.1) is 11.8 Å². The van der Waals surface area contributed by atoms with Crippen LogP contribution in [0.5, 0.6) is 0 Å². The van der Waals surface area contributed by atoms with Crippen LogP contribution in [0.15, 0.2) is 55.3 Å². The van der Waals surface area contributed by atoms with E-state index in [1.165, 1.54) is 0 Å². The normalized spacial score (nSPS) is 11.4. The first-order chi connectivity index (χ1) is 11.2. The number of hydrogen-bond donors (Lipinski definition) is 0. The Balaban J connectivity index is 2.17. The Labute approximate surface area is 138 Å². The van der Waals surface area contributed by atoms with Crippen LogP contribution in [-0.2, 0) is 6.42 Å². The topological polar surface area (TPSA) is 12.9 Å². The van der Waals surface area contributed by atoms with Crippen molar-refractivity contribution in [3.63, 3.8) is 0 Å². The Kier molecular flexibility index (Phi) is 6.56. The summed E-state index contributed by atoms with van der Waals surface area (Å²) < 4.78 is 12.8. The van der Waals surface area contributed by atoms with E-state index < -0.39 is 6.17 Å². The van der Waals surface area contributed by atoms with Gasteiger partial charge < -0.3 is 0 Å². The fourth-order valence-corrected chi connectivity index (χ4v) is 2.36. The molecule has 0 saturated heterocycles. The minimum absolute atomic E-state index is 0.576. The second-order valence-electron chi connectivity index (χ2n) is 5.55. The zero-order valence-corrected chi connectivity index (χ0v) is 13.6. The van der Waals surface area contributed by atoms with E-state index in [9.17, 15) is 4.39 Å². The molecule has 118 valence electrons. The first kappa shape index (κ1) is 17.0. The zero-order valence-electron chi connectivity index (χ0n) is 13.6. The SMILES string of the molecule is C=CCc1cc(-c2ccccn2)ccc1C#CCCCC(C)F. The number of alkyl halides is 1. The molecular weight excluding hydrogens is 285 g/mol. The van der Waals surface area contributed by atoms with E-state index in [1.54, 1.807) is 13.1 Å². The molecule has 2 aromatic rings. The average molecular weight is 307 g/mol. The van der Waals surface area contributed by atoms with Crippen LogP contribution in [0.1, 0.15) is 37.3 Å².